The van der Waals surface area contributed by atoms with Crippen LogP contribution >= 0.6 is 11.6 Å². The van der Waals surface area contributed by atoms with Crippen molar-refractivity contribution in [2.24, 2.45) is 0 Å². The second kappa shape index (κ2) is 5.48. The average molecular weight is 307 g/mol. The van der Waals surface area contributed by atoms with Gasteiger partial charge in [-0.1, -0.05) is 6.07 Å². The molecule has 110 valence electrons. The van der Waals surface area contributed by atoms with Gasteiger partial charge in [0.05, 0.1) is 23.5 Å². The van der Waals surface area contributed by atoms with Crippen molar-refractivity contribution in [3.8, 4) is 0 Å². The molecule has 4 nitrogen and oxygen atoms in total. The molecule has 2 atom stereocenters. The molecular weight excluding hydrogens is 291 g/mol. The Hall–Kier alpha value is -1.88. The number of nitrogens with zero attached hydrogens (tertiary/aromatic N) is 4. The van der Waals surface area contributed by atoms with E-state index in [0.717, 1.165) is 5.52 Å². The number of benzene rings is 1. The number of hydrogen-bond donors (Lipinski definition) is 0. The summed E-state index contributed by atoms with van der Waals surface area (Å²) in [6.07, 6.45) is 3.64. The summed E-state index contributed by atoms with van der Waals surface area (Å²) in [6.45, 7) is 4.57. The first-order valence-corrected chi connectivity index (χ1v) is 7.29. The Kier molecular flexibility index (Phi) is 3.68. The molecule has 0 amide bonds. The molecule has 2 heterocycles. The first-order valence-electron chi connectivity index (χ1n) is 6.85. The van der Waals surface area contributed by atoms with Crippen molar-refractivity contribution in [3.05, 3.63) is 48.3 Å². The van der Waals surface area contributed by atoms with Crippen LogP contribution in [-0.4, -0.2) is 19.3 Å². The van der Waals surface area contributed by atoms with E-state index in [1.165, 1.54) is 6.07 Å². The molecule has 0 N–H and O–H groups in total. The summed E-state index contributed by atoms with van der Waals surface area (Å²) in [5.74, 6) is 0.354. The van der Waals surface area contributed by atoms with E-state index in [-0.39, 0.29) is 17.2 Å². The van der Waals surface area contributed by atoms with Gasteiger partial charge < -0.3 is 4.57 Å². The summed E-state index contributed by atoms with van der Waals surface area (Å²) >= 11 is 6.23. The van der Waals surface area contributed by atoms with E-state index >= 15 is 0 Å². The van der Waals surface area contributed by atoms with E-state index in [1.54, 1.807) is 12.3 Å². The van der Waals surface area contributed by atoms with Crippen LogP contribution in [0.25, 0.3) is 11.0 Å². The van der Waals surface area contributed by atoms with Gasteiger partial charge >= 0.3 is 0 Å². The van der Waals surface area contributed by atoms with Gasteiger partial charge in [0.15, 0.2) is 5.82 Å². The molecule has 2 unspecified atom stereocenters. The lowest BCUT2D eigenvalue weighted by molar-refractivity contribution is 0.434. The van der Waals surface area contributed by atoms with Gasteiger partial charge in [0, 0.05) is 12.4 Å². The van der Waals surface area contributed by atoms with Crippen LogP contribution in [0.1, 0.15) is 31.1 Å². The van der Waals surface area contributed by atoms with E-state index in [0.29, 0.717) is 17.9 Å². The lowest BCUT2D eigenvalue weighted by Crippen LogP contribution is -2.16. The third-order valence-electron chi connectivity index (χ3n) is 3.51. The Morgan fingerprint density at radius 2 is 2.10 bits per heavy atom. The SMILES string of the molecule is CC(Cl)c1nc2c(F)cccc2n1C(C)Cn1cccn1. The van der Waals surface area contributed by atoms with E-state index in [1.807, 2.05) is 34.5 Å². The number of alkyl halides is 1. The Labute approximate surface area is 127 Å². The van der Waals surface area contributed by atoms with Crippen LogP contribution in [0, 0.1) is 5.82 Å². The first-order chi connectivity index (χ1) is 10.1. The lowest BCUT2D eigenvalue weighted by atomic mass is 10.2. The fourth-order valence-electron chi connectivity index (χ4n) is 2.61. The third kappa shape index (κ3) is 2.53. The minimum atomic E-state index is -0.323. The molecule has 0 bridgehead atoms. The summed E-state index contributed by atoms with van der Waals surface area (Å²) < 4.78 is 17.8. The highest BCUT2D eigenvalue weighted by molar-refractivity contribution is 6.20. The third-order valence-corrected chi connectivity index (χ3v) is 3.70. The van der Waals surface area contributed by atoms with Gasteiger partial charge in [-0.05, 0) is 32.0 Å². The molecule has 3 aromatic rings. The zero-order chi connectivity index (χ0) is 15.0. The van der Waals surface area contributed by atoms with Crippen LogP contribution in [0.4, 0.5) is 4.39 Å². The van der Waals surface area contributed by atoms with Crippen LogP contribution in [0.5, 0.6) is 0 Å². The predicted octanol–water partition coefficient (Wildman–Crippen LogP) is 3.93. The van der Waals surface area contributed by atoms with Gasteiger partial charge in [-0.3, -0.25) is 4.68 Å². The first kappa shape index (κ1) is 14.1. The summed E-state index contributed by atoms with van der Waals surface area (Å²) in [4.78, 5) is 4.39. The largest absolute Gasteiger partial charge is 0.322 e. The number of rotatable bonds is 4. The van der Waals surface area contributed by atoms with E-state index in [4.69, 9.17) is 11.6 Å². The molecule has 0 aliphatic heterocycles. The Balaban J connectivity index is 2.10. The van der Waals surface area contributed by atoms with Crippen LogP contribution in [0.2, 0.25) is 0 Å². The van der Waals surface area contributed by atoms with Gasteiger partial charge in [-0.15, -0.1) is 11.6 Å². The number of imidazole rings is 1. The topological polar surface area (TPSA) is 35.6 Å². The van der Waals surface area contributed by atoms with Gasteiger partial charge in [-0.2, -0.15) is 5.10 Å². The molecule has 21 heavy (non-hydrogen) atoms. The maximum absolute atomic E-state index is 13.9. The smallest absolute Gasteiger partial charge is 0.151 e. The highest BCUT2D eigenvalue weighted by atomic mass is 35.5. The molecule has 0 radical (unpaired) electrons. The number of aromatic nitrogens is 4. The standard InChI is InChI=1S/C15H16ClFN4/c1-10(9-20-8-4-7-18-20)21-13-6-3-5-12(17)14(13)19-15(21)11(2)16/h3-8,10-11H,9H2,1-2H3. The predicted molar refractivity (Wildman–Crippen MR) is 80.9 cm³/mol. The fraction of sp³-hybridized carbons (Fsp3) is 0.333. The normalized spacial score (nSPS) is 14.5. The average Bonchev–Trinajstić information content (AvgIpc) is 3.05. The monoisotopic (exact) mass is 306 g/mol. The summed E-state index contributed by atoms with van der Waals surface area (Å²) in [5.41, 5.74) is 1.13. The maximum atomic E-state index is 13.9. The second-order valence-electron chi connectivity index (χ2n) is 5.14. The van der Waals surface area contributed by atoms with Crippen LogP contribution < -0.4 is 0 Å². The van der Waals surface area contributed by atoms with Crippen molar-refractivity contribution in [2.75, 3.05) is 0 Å². The molecule has 1 aromatic carbocycles. The van der Waals surface area contributed by atoms with Crippen molar-refractivity contribution in [2.45, 2.75) is 31.8 Å². The lowest BCUT2D eigenvalue weighted by Gasteiger charge is -2.18. The number of fused-ring (bicyclic) bond motifs is 1. The minimum Gasteiger partial charge on any atom is -0.322 e. The zero-order valence-corrected chi connectivity index (χ0v) is 12.6. The summed E-state index contributed by atoms with van der Waals surface area (Å²) in [6, 6.07) is 6.92. The molecule has 0 fully saturated rings. The Morgan fingerprint density at radius 3 is 2.76 bits per heavy atom. The highest BCUT2D eigenvalue weighted by Gasteiger charge is 2.21. The number of halogens is 2. The van der Waals surface area contributed by atoms with Crippen LogP contribution in [-0.2, 0) is 6.54 Å². The van der Waals surface area contributed by atoms with Crippen LogP contribution in [0.3, 0.4) is 0 Å². The van der Waals surface area contributed by atoms with E-state index < -0.39 is 0 Å². The highest BCUT2D eigenvalue weighted by Crippen LogP contribution is 2.29. The second-order valence-corrected chi connectivity index (χ2v) is 5.80. The van der Waals surface area contributed by atoms with Crippen molar-refractivity contribution in [3.63, 3.8) is 0 Å². The van der Waals surface area contributed by atoms with Crippen molar-refractivity contribution in [1.29, 1.82) is 0 Å². The van der Waals surface area contributed by atoms with Crippen LogP contribution in [0.15, 0.2) is 36.7 Å². The Morgan fingerprint density at radius 1 is 1.29 bits per heavy atom. The number of hydrogen-bond acceptors (Lipinski definition) is 2. The number of para-hydroxylation sites is 1. The van der Waals surface area contributed by atoms with Gasteiger partial charge in [0.2, 0.25) is 0 Å². The minimum absolute atomic E-state index is 0.0629. The molecule has 0 saturated heterocycles. The molecule has 3 rings (SSSR count). The maximum Gasteiger partial charge on any atom is 0.151 e. The van der Waals surface area contributed by atoms with E-state index in [9.17, 15) is 4.39 Å². The molecule has 6 heteroatoms. The summed E-state index contributed by atoms with van der Waals surface area (Å²) in [7, 11) is 0. The van der Waals surface area contributed by atoms with Crippen molar-refractivity contribution >= 4 is 22.6 Å². The van der Waals surface area contributed by atoms with Crippen molar-refractivity contribution in [1.82, 2.24) is 19.3 Å². The van der Waals surface area contributed by atoms with Gasteiger partial charge in [0.1, 0.15) is 11.3 Å². The van der Waals surface area contributed by atoms with Gasteiger partial charge in [0.25, 0.3) is 0 Å². The molecular formula is C15H16ClFN4. The summed E-state index contributed by atoms with van der Waals surface area (Å²) in [5, 5.41) is 3.92. The van der Waals surface area contributed by atoms with E-state index in [2.05, 4.69) is 17.0 Å². The quantitative estimate of drug-likeness (QED) is 0.685. The molecule has 0 spiro atoms. The molecule has 0 aliphatic carbocycles. The zero-order valence-electron chi connectivity index (χ0n) is 11.9. The molecule has 2 aromatic heterocycles. The molecule has 0 saturated carbocycles. The van der Waals surface area contributed by atoms with Gasteiger partial charge in [-0.25, -0.2) is 9.37 Å². The molecule has 0 aliphatic rings. The fourth-order valence-corrected chi connectivity index (χ4v) is 2.76. The Bertz CT molecular complexity index is 748. The van der Waals surface area contributed by atoms with Crippen molar-refractivity contribution < 1.29 is 4.39 Å².